The largest absolute Gasteiger partial charge is 0.393 e. The molecule has 1 unspecified atom stereocenters. The molecule has 2 rings (SSSR count). The summed E-state index contributed by atoms with van der Waals surface area (Å²) in [5, 5.41) is 3.72. The first-order valence-corrected chi connectivity index (χ1v) is 7.60. The number of hydrogen-bond acceptors (Lipinski definition) is 2. The lowest BCUT2D eigenvalue weighted by Crippen LogP contribution is -2.41. The van der Waals surface area contributed by atoms with Crippen LogP contribution in [0.25, 0.3) is 0 Å². The fourth-order valence-electron chi connectivity index (χ4n) is 2.65. The summed E-state index contributed by atoms with van der Waals surface area (Å²) in [6, 6.07) is 5.57. The zero-order chi connectivity index (χ0) is 15.5. The summed E-state index contributed by atoms with van der Waals surface area (Å²) in [5.74, 6) is -1.26. The molecule has 1 aliphatic heterocycles. The van der Waals surface area contributed by atoms with Gasteiger partial charge in [0.25, 0.3) is 0 Å². The third-order valence-electron chi connectivity index (χ3n) is 3.82. The fraction of sp³-hybridized carbons (Fsp3) is 0.600. The summed E-state index contributed by atoms with van der Waals surface area (Å²) >= 11 is 6.25. The molecule has 118 valence electrons. The van der Waals surface area contributed by atoms with Gasteiger partial charge in [0.1, 0.15) is 0 Å². The minimum absolute atomic E-state index is 0.00419. The molecule has 0 bridgehead atoms. The van der Waals surface area contributed by atoms with Crippen LogP contribution in [0.5, 0.6) is 0 Å². The highest BCUT2D eigenvalue weighted by Crippen LogP contribution is 2.36. The number of halogens is 4. The van der Waals surface area contributed by atoms with Crippen LogP contribution in [0.1, 0.15) is 25.3 Å². The van der Waals surface area contributed by atoms with Crippen molar-refractivity contribution in [2.24, 2.45) is 5.92 Å². The highest BCUT2D eigenvalue weighted by molar-refractivity contribution is 6.33. The number of alkyl halides is 3. The van der Waals surface area contributed by atoms with Crippen LogP contribution in [-0.4, -0.2) is 25.8 Å². The Labute approximate surface area is 128 Å². The number of rotatable bonds is 4. The van der Waals surface area contributed by atoms with Crippen molar-refractivity contribution in [3.8, 4) is 0 Å². The van der Waals surface area contributed by atoms with Gasteiger partial charge in [-0.3, -0.25) is 0 Å². The van der Waals surface area contributed by atoms with E-state index in [1.165, 1.54) is 0 Å². The van der Waals surface area contributed by atoms with Crippen molar-refractivity contribution in [3.05, 3.63) is 28.8 Å². The van der Waals surface area contributed by atoms with Crippen molar-refractivity contribution in [2.45, 2.75) is 32.5 Å². The summed E-state index contributed by atoms with van der Waals surface area (Å²) < 4.78 is 38.6. The van der Waals surface area contributed by atoms with Gasteiger partial charge >= 0.3 is 6.18 Å². The van der Waals surface area contributed by atoms with E-state index in [-0.39, 0.29) is 13.0 Å². The van der Waals surface area contributed by atoms with E-state index in [1.807, 2.05) is 25.1 Å². The number of benzene rings is 1. The molecule has 2 nitrogen and oxygen atoms in total. The molecule has 21 heavy (non-hydrogen) atoms. The lowest BCUT2D eigenvalue weighted by molar-refractivity contribution is -0.175. The molecule has 0 aromatic heterocycles. The van der Waals surface area contributed by atoms with Crippen LogP contribution in [0.3, 0.4) is 0 Å². The third-order valence-corrected chi connectivity index (χ3v) is 4.12. The lowest BCUT2D eigenvalue weighted by atomic mass is 9.97. The lowest BCUT2D eigenvalue weighted by Gasteiger charge is -2.35. The minimum atomic E-state index is -4.13. The van der Waals surface area contributed by atoms with Crippen molar-refractivity contribution in [1.82, 2.24) is 5.32 Å². The number of nitrogens with zero attached hydrogens (tertiary/aromatic N) is 1. The molecule has 1 aromatic rings. The van der Waals surface area contributed by atoms with Gasteiger partial charge in [-0.2, -0.15) is 13.2 Å². The third kappa shape index (κ3) is 4.27. The molecule has 1 saturated heterocycles. The molecule has 1 aliphatic rings. The van der Waals surface area contributed by atoms with Gasteiger partial charge in [0.15, 0.2) is 0 Å². The summed E-state index contributed by atoms with van der Waals surface area (Å²) in [4.78, 5) is 1.75. The van der Waals surface area contributed by atoms with Crippen molar-refractivity contribution >= 4 is 17.3 Å². The van der Waals surface area contributed by atoms with Gasteiger partial charge < -0.3 is 10.2 Å². The molecular weight excluding hydrogens is 301 g/mol. The maximum Gasteiger partial charge on any atom is 0.393 e. The summed E-state index contributed by atoms with van der Waals surface area (Å²) in [5.41, 5.74) is 1.74. The molecule has 0 radical (unpaired) electrons. The van der Waals surface area contributed by atoms with Gasteiger partial charge in [-0.05, 0) is 37.1 Å². The van der Waals surface area contributed by atoms with Crippen molar-refractivity contribution in [2.75, 3.05) is 24.5 Å². The van der Waals surface area contributed by atoms with E-state index in [9.17, 15) is 13.2 Å². The smallest absolute Gasteiger partial charge is 0.370 e. The predicted octanol–water partition coefficient (Wildman–Crippen LogP) is 4.23. The highest BCUT2D eigenvalue weighted by atomic mass is 35.5. The van der Waals surface area contributed by atoms with E-state index in [0.29, 0.717) is 30.2 Å². The van der Waals surface area contributed by atoms with Gasteiger partial charge in [-0.25, -0.2) is 0 Å². The molecular formula is C15H20ClF3N2. The molecule has 1 N–H and O–H groups in total. The zero-order valence-electron chi connectivity index (χ0n) is 12.0. The van der Waals surface area contributed by atoms with Gasteiger partial charge in [0.05, 0.1) is 16.6 Å². The van der Waals surface area contributed by atoms with Gasteiger partial charge in [0.2, 0.25) is 0 Å². The quantitative estimate of drug-likeness (QED) is 0.893. The maximum atomic E-state index is 12.9. The first kappa shape index (κ1) is 16.4. The second-order valence-electron chi connectivity index (χ2n) is 5.39. The average molecular weight is 321 g/mol. The molecule has 1 aromatic carbocycles. The Morgan fingerprint density at radius 3 is 2.76 bits per heavy atom. The molecule has 0 aliphatic carbocycles. The predicted molar refractivity (Wildman–Crippen MR) is 79.8 cm³/mol. The molecule has 1 atom stereocenters. The second kappa shape index (κ2) is 6.88. The minimum Gasteiger partial charge on any atom is -0.370 e. The topological polar surface area (TPSA) is 15.3 Å². The van der Waals surface area contributed by atoms with Crippen molar-refractivity contribution < 1.29 is 13.2 Å². The van der Waals surface area contributed by atoms with Crippen LogP contribution in [0.2, 0.25) is 5.02 Å². The Morgan fingerprint density at radius 2 is 2.14 bits per heavy atom. The monoisotopic (exact) mass is 320 g/mol. The van der Waals surface area contributed by atoms with Crippen LogP contribution in [-0.2, 0) is 6.54 Å². The average Bonchev–Trinajstić information content (AvgIpc) is 2.44. The first-order chi connectivity index (χ1) is 9.91. The number of nitrogens with one attached hydrogen (secondary N) is 1. The first-order valence-electron chi connectivity index (χ1n) is 7.22. The highest BCUT2D eigenvalue weighted by Gasteiger charge is 2.42. The standard InChI is InChI=1S/C15H20ClF3N2/c1-2-20-9-11-5-6-14(13(16)8-11)21-7-3-4-12(10-21)15(17,18)19/h5-6,8,12,20H,2-4,7,9-10H2,1H3. The van der Waals surface area contributed by atoms with Gasteiger partial charge in [0, 0.05) is 19.6 Å². The second-order valence-corrected chi connectivity index (χ2v) is 5.80. The maximum absolute atomic E-state index is 12.9. The Balaban J connectivity index is 2.10. The van der Waals surface area contributed by atoms with Gasteiger partial charge in [-0.1, -0.05) is 24.6 Å². The molecule has 1 heterocycles. The number of anilines is 1. The van der Waals surface area contributed by atoms with Crippen molar-refractivity contribution in [3.63, 3.8) is 0 Å². The number of piperidine rings is 1. The van der Waals surface area contributed by atoms with Crippen molar-refractivity contribution in [1.29, 1.82) is 0 Å². The van der Waals surface area contributed by atoms with Gasteiger partial charge in [-0.15, -0.1) is 0 Å². The van der Waals surface area contributed by atoms with Crippen LogP contribution in [0.4, 0.5) is 18.9 Å². The van der Waals surface area contributed by atoms with Crippen LogP contribution >= 0.6 is 11.6 Å². The van der Waals surface area contributed by atoms with E-state index < -0.39 is 12.1 Å². The summed E-state index contributed by atoms with van der Waals surface area (Å²) in [7, 11) is 0. The fourth-order valence-corrected chi connectivity index (χ4v) is 2.97. The molecule has 0 spiro atoms. The van der Waals surface area contributed by atoms with Crippen LogP contribution in [0.15, 0.2) is 18.2 Å². The molecule has 1 fully saturated rings. The molecule has 0 amide bonds. The molecule has 0 saturated carbocycles. The van der Waals surface area contributed by atoms with E-state index in [1.54, 1.807) is 4.90 Å². The van der Waals surface area contributed by atoms with E-state index in [0.717, 1.165) is 12.1 Å². The van der Waals surface area contributed by atoms with Crippen LogP contribution in [0, 0.1) is 5.92 Å². The summed E-state index contributed by atoms with van der Waals surface area (Å²) in [6.07, 6.45) is -3.38. The Hall–Kier alpha value is -0.940. The van der Waals surface area contributed by atoms with Crippen LogP contribution < -0.4 is 10.2 Å². The Bertz CT molecular complexity index is 476. The van der Waals surface area contributed by atoms with E-state index >= 15 is 0 Å². The van der Waals surface area contributed by atoms with E-state index in [2.05, 4.69) is 5.32 Å². The normalized spacial score (nSPS) is 19.9. The zero-order valence-corrected chi connectivity index (χ0v) is 12.8. The Morgan fingerprint density at radius 1 is 1.38 bits per heavy atom. The van der Waals surface area contributed by atoms with E-state index in [4.69, 9.17) is 11.6 Å². The summed E-state index contributed by atoms with van der Waals surface area (Å²) in [6.45, 7) is 4.20. The number of hydrogen-bond donors (Lipinski definition) is 1. The molecule has 6 heteroatoms. The SMILES string of the molecule is CCNCc1ccc(N2CCCC(C(F)(F)F)C2)c(Cl)c1. The Kier molecular flexibility index (Phi) is 5.38.